The van der Waals surface area contributed by atoms with Crippen LogP contribution in [0.2, 0.25) is 0 Å². The molecule has 1 heterocycles. The predicted octanol–water partition coefficient (Wildman–Crippen LogP) is -0.0827. The summed E-state index contributed by atoms with van der Waals surface area (Å²) < 4.78 is 67.0. The van der Waals surface area contributed by atoms with E-state index < -0.39 is 35.0 Å². The number of hydrazine groups is 2. The van der Waals surface area contributed by atoms with Crippen molar-refractivity contribution in [2.45, 2.75) is 9.79 Å². The molecule has 0 fully saturated rings. The van der Waals surface area contributed by atoms with Gasteiger partial charge in [-0.3, -0.25) is 24.6 Å². The van der Waals surface area contributed by atoms with Gasteiger partial charge in [0, 0.05) is 15.2 Å². The molecule has 0 amide bonds. The zero-order valence-corrected chi connectivity index (χ0v) is 24.0. The molecule has 0 radical (unpaired) electrons. The second kappa shape index (κ2) is 10.6. The van der Waals surface area contributed by atoms with E-state index in [0.29, 0.717) is 11.8 Å². The number of anilines is 2. The Morgan fingerprint density at radius 3 is 2.19 bits per heavy atom. The molecule has 36 heavy (non-hydrogen) atoms. The molecule has 0 spiro atoms. The summed E-state index contributed by atoms with van der Waals surface area (Å²) in [5.41, 5.74) is 2.72. The number of para-hydroxylation sites is 2. The molecule has 4 rings (SSSR count). The molecule has 0 bridgehead atoms. The van der Waals surface area contributed by atoms with Crippen molar-refractivity contribution in [1.29, 1.82) is 0 Å². The van der Waals surface area contributed by atoms with Gasteiger partial charge < -0.3 is 1.43 Å². The summed E-state index contributed by atoms with van der Waals surface area (Å²) in [7, 11) is -9.77. The largest absolute Gasteiger partial charge is 1.00 e. The molecule has 17 heteroatoms. The number of halogens is 1. The molecule has 13 nitrogen and oxygen atoms in total. The Labute approximate surface area is 242 Å². The van der Waals surface area contributed by atoms with Crippen LogP contribution in [0.25, 0.3) is 0 Å². The number of benzene rings is 3. The number of rotatable bonds is 6. The van der Waals surface area contributed by atoms with Crippen molar-refractivity contribution in [3.05, 3.63) is 86.0 Å². The Bertz CT molecular complexity index is 1590. The van der Waals surface area contributed by atoms with Crippen LogP contribution in [0, 0.1) is 13.7 Å². The molecule has 0 unspecified atom stereocenters. The molecule has 1 aliphatic heterocycles. The Morgan fingerprint density at radius 1 is 0.972 bits per heavy atom. The molecule has 3 aromatic rings. The minimum Gasteiger partial charge on any atom is -1.00 e. The number of amidine groups is 1. The number of hydrazone groups is 1. The van der Waals surface area contributed by atoms with E-state index in [1.807, 2.05) is 0 Å². The van der Waals surface area contributed by atoms with Crippen molar-refractivity contribution in [3.63, 3.8) is 0 Å². The Morgan fingerprint density at radius 2 is 1.61 bits per heavy atom. The van der Waals surface area contributed by atoms with Gasteiger partial charge in [-0.05, 0) is 71.1 Å². The van der Waals surface area contributed by atoms with Gasteiger partial charge in [0.15, 0.2) is 11.5 Å². The van der Waals surface area contributed by atoms with Gasteiger partial charge in [-0.25, -0.2) is 0 Å². The van der Waals surface area contributed by atoms with E-state index in [2.05, 4.69) is 33.1 Å². The van der Waals surface area contributed by atoms with E-state index in [0.717, 1.165) is 15.7 Å². The van der Waals surface area contributed by atoms with Gasteiger partial charge in [0.2, 0.25) is 0 Å². The Balaban J connectivity index is 0.00000241. The molecule has 1 aliphatic rings. The first-order valence-electron chi connectivity index (χ1n) is 9.40. The van der Waals surface area contributed by atoms with E-state index >= 15 is 0 Å². The van der Waals surface area contributed by atoms with Crippen LogP contribution in [0.1, 0.15) is 6.99 Å². The Hall–Kier alpha value is -2.32. The maximum Gasteiger partial charge on any atom is 1.00 e. The van der Waals surface area contributed by atoms with Gasteiger partial charge in [-0.1, -0.05) is 12.1 Å². The summed E-state index contributed by atoms with van der Waals surface area (Å²) in [6.07, 6.45) is 0. The predicted molar refractivity (Wildman–Crippen MR) is 134 cm³/mol. The first-order chi connectivity index (χ1) is 16.4. The van der Waals surface area contributed by atoms with Crippen LogP contribution >= 0.6 is 22.6 Å². The molecule has 0 saturated carbocycles. The molecule has 0 aromatic heterocycles. The van der Waals surface area contributed by atoms with Gasteiger partial charge in [-0.2, -0.15) is 27.1 Å². The van der Waals surface area contributed by atoms with Gasteiger partial charge in [0.05, 0.1) is 15.5 Å². The SMILES string of the molecule is O=[N+]([O-])c1ccccc1N1NC(c2ccc(S(=O)(=O)O)cc2S(=O)(=O)O)=NN1c1ccc(I)cc1.[H-].[Na+]. The second-order valence-electron chi connectivity index (χ2n) is 6.99. The third kappa shape index (κ3) is 5.80. The smallest absolute Gasteiger partial charge is 1.00 e. The average Bonchev–Trinajstić information content (AvgIpc) is 3.23. The minimum atomic E-state index is -4.99. The summed E-state index contributed by atoms with van der Waals surface area (Å²) in [6, 6.07) is 15.1. The fourth-order valence-electron chi connectivity index (χ4n) is 3.20. The third-order valence-corrected chi connectivity index (χ3v) is 7.21. The van der Waals surface area contributed by atoms with E-state index in [-0.39, 0.29) is 53.8 Å². The van der Waals surface area contributed by atoms with Gasteiger partial charge in [0.25, 0.3) is 25.9 Å². The first kappa shape index (κ1) is 28.3. The van der Waals surface area contributed by atoms with Crippen LogP contribution in [-0.2, 0) is 20.2 Å². The summed E-state index contributed by atoms with van der Waals surface area (Å²) >= 11 is 2.09. The molecular formula is C19H15IN5NaO8S2. The number of nitro groups is 1. The zero-order valence-electron chi connectivity index (χ0n) is 19.2. The number of nitro benzene ring substituents is 1. The van der Waals surface area contributed by atoms with Crippen molar-refractivity contribution in [2.75, 3.05) is 10.2 Å². The summed E-state index contributed by atoms with van der Waals surface area (Å²) in [6.45, 7) is 0. The van der Waals surface area contributed by atoms with Crippen molar-refractivity contribution in [2.24, 2.45) is 5.10 Å². The molecule has 3 aromatic carbocycles. The molecule has 3 N–H and O–H groups in total. The number of hydrogen-bond acceptors (Lipinski definition) is 10. The molecule has 0 atom stereocenters. The quantitative estimate of drug-likeness (QED) is 0.106. The maximum atomic E-state index is 12.1. The van der Waals surface area contributed by atoms with Crippen LogP contribution in [-0.4, -0.2) is 36.7 Å². The van der Waals surface area contributed by atoms with Crippen molar-refractivity contribution < 1.29 is 61.8 Å². The van der Waals surface area contributed by atoms with Gasteiger partial charge >= 0.3 is 29.6 Å². The zero-order chi connectivity index (χ0) is 25.5. The van der Waals surface area contributed by atoms with Crippen molar-refractivity contribution in [1.82, 2.24) is 5.43 Å². The van der Waals surface area contributed by atoms with Crippen molar-refractivity contribution >= 4 is 65.7 Å². The van der Waals surface area contributed by atoms with E-state index in [4.69, 9.17) is 0 Å². The van der Waals surface area contributed by atoms with Crippen molar-refractivity contribution in [3.8, 4) is 0 Å². The molecule has 184 valence electrons. The summed E-state index contributed by atoms with van der Waals surface area (Å²) in [4.78, 5) is 9.41. The third-order valence-electron chi connectivity index (χ3n) is 4.74. The summed E-state index contributed by atoms with van der Waals surface area (Å²) in [5.74, 6) is -0.184. The van der Waals surface area contributed by atoms with Crippen LogP contribution in [0.15, 0.2) is 81.6 Å². The van der Waals surface area contributed by atoms with Gasteiger partial charge in [0.1, 0.15) is 4.90 Å². The monoisotopic (exact) mass is 655 g/mol. The molecular weight excluding hydrogens is 640 g/mol. The summed E-state index contributed by atoms with van der Waals surface area (Å²) in [5, 5.41) is 18.4. The van der Waals surface area contributed by atoms with Crippen LogP contribution in [0.3, 0.4) is 0 Å². The number of nitrogens with zero attached hydrogens (tertiary/aromatic N) is 4. The molecule has 0 aliphatic carbocycles. The van der Waals surface area contributed by atoms with Crippen LogP contribution in [0.5, 0.6) is 0 Å². The van der Waals surface area contributed by atoms with Gasteiger partial charge in [-0.15, -0.1) is 5.10 Å². The normalized spacial score (nSPS) is 13.6. The molecule has 0 saturated heterocycles. The fourth-order valence-corrected chi connectivity index (χ4v) is 4.86. The number of hydrogen-bond donors (Lipinski definition) is 3. The maximum absolute atomic E-state index is 12.1. The van der Waals surface area contributed by atoms with E-state index in [9.17, 15) is 36.1 Å². The van der Waals surface area contributed by atoms with E-state index in [1.54, 1.807) is 30.3 Å². The van der Waals surface area contributed by atoms with Crippen LogP contribution in [0.4, 0.5) is 17.1 Å². The topological polar surface area (TPSA) is 183 Å². The second-order valence-corrected chi connectivity index (χ2v) is 11.0. The van der Waals surface area contributed by atoms with Crippen LogP contribution < -0.4 is 45.2 Å². The average molecular weight is 655 g/mol. The van der Waals surface area contributed by atoms with E-state index in [1.165, 1.54) is 28.4 Å². The number of nitrogens with one attached hydrogen (secondary N) is 1. The standard InChI is InChI=1S/C19H14IN5O8S2.Na.H/c20-12-5-7-13(8-6-12)23-21-19(22-24(23)16-3-1-2-4-17(16)25(26)27)15-10-9-14(34(28,29)30)11-18(15)35(31,32)33;;/h1-11H,(H,21,22)(H,28,29,30)(H,31,32,33);;/q;+1;-1. The Kier molecular flexibility index (Phi) is 8.30. The fraction of sp³-hybridized carbons (Fsp3) is 0. The minimum absolute atomic E-state index is 0. The first-order valence-corrected chi connectivity index (χ1v) is 13.4.